The van der Waals surface area contributed by atoms with Crippen LogP contribution in [0, 0.1) is 0 Å². The van der Waals surface area contributed by atoms with Gasteiger partial charge in [-0.15, -0.1) is 0 Å². The van der Waals surface area contributed by atoms with Gasteiger partial charge >= 0.3 is 0 Å². The number of ether oxygens (including phenoxy) is 2. The summed E-state index contributed by atoms with van der Waals surface area (Å²) in [4.78, 5) is 12.7. The van der Waals surface area contributed by atoms with Gasteiger partial charge in [-0.2, -0.15) is 4.31 Å². The average Bonchev–Trinajstić information content (AvgIpc) is 3.41. The average molecular weight is 404 g/mol. The van der Waals surface area contributed by atoms with Crippen LogP contribution in [0.25, 0.3) is 5.57 Å². The van der Waals surface area contributed by atoms with Crippen LogP contribution in [0.3, 0.4) is 0 Å². The van der Waals surface area contributed by atoms with E-state index in [4.69, 9.17) is 9.47 Å². The van der Waals surface area contributed by atoms with E-state index in [0.717, 1.165) is 36.8 Å². The number of nitrogens with one attached hydrogen (secondary N) is 1. The topological polar surface area (TPSA) is 84.9 Å². The highest BCUT2D eigenvalue weighted by Crippen LogP contribution is 2.41. The second-order valence-corrected chi connectivity index (χ2v) is 9.80. The molecule has 1 aliphatic carbocycles. The van der Waals surface area contributed by atoms with Gasteiger partial charge in [-0.25, -0.2) is 8.42 Å². The lowest BCUT2D eigenvalue weighted by atomic mass is 10.00. The molecule has 0 bridgehead atoms. The van der Waals surface area contributed by atoms with Crippen LogP contribution in [-0.2, 0) is 24.3 Å². The van der Waals surface area contributed by atoms with E-state index in [0.29, 0.717) is 50.4 Å². The smallest absolute Gasteiger partial charge is 0.256 e. The Labute approximate surface area is 164 Å². The fourth-order valence-corrected chi connectivity index (χ4v) is 6.18. The Morgan fingerprint density at radius 2 is 1.71 bits per heavy atom. The summed E-state index contributed by atoms with van der Waals surface area (Å²) in [7, 11) is -3.63. The van der Waals surface area contributed by atoms with E-state index in [1.807, 2.05) is 0 Å². The lowest BCUT2D eigenvalue weighted by Gasteiger charge is -2.36. The third-order valence-electron chi connectivity index (χ3n) is 6.23. The van der Waals surface area contributed by atoms with Gasteiger partial charge in [-0.1, -0.05) is 5.57 Å². The lowest BCUT2D eigenvalue weighted by Crippen LogP contribution is -2.47. The Balaban J connectivity index is 1.44. The van der Waals surface area contributed by atoms with E-state index in [1.54, 1.807) is 18.2 Å². The number of anilines is 1. The quantitative estimate of drug-likeness (QED) is 0.766. The Bertz CT molecular complexity index is 945. The van der Waals surface area contributed by atoms with Gasteiger partial charge in [0, 0.05) is 42.8 Å². The molecule has 4 aliphatic rings. The number of piperidine rings is 1. The van der Waals surface area contributed by atoms with Gasteiger partial charge in [-0.3, -0.25) is 4.79 Å². The molecular formula is C20H24N2O5S. The van der Waals surface area contributed by atoms with Crippen LogP contribution in [0.5, 0.6) is 0 Å². The number of allylic oxidation sites excluding steroid dienone is 1. The number of hydrogen-bond acceptors (Lipinski definition) is 5. The Hall–Kier alpha value is -1.74. The number of amides is 1. The van der Waals surface area contributed by atoms with Gasteiger partial charge in [0.05, 0.1) is 18.1 Å². The fraction of sp³-hybridized carbons (Fsp3) is 0.550. The van der Waals surface area contributed by atoms with Crippen LogP contribution in [0.2, 0.25) is 0 Å². The summed E-state index contributed by atoms with van der Waals surface area (Å²) in [6.45, 7) is 1.86. The van der Waals surface area contributed by atoms with Gasteiger partial charge in [-0.05, 0) is 43.9 Å². The third kappa shape index (κ3) is 2.90. The van der Waals surface area contributed by atoms with Crippen LogP contribution >= 0.6 is 0 Å². The second-order valence-electron chi connectivity index (χ2n) is 7.86. The molecule has 1 N–H and O–H groups in total. The van der Waals surface area contributed by atoms with Crippen molar-refractivity contribution in [3.8, 4) is 0 Å². The number of rotatable bonds is 2. The van der Waals surface area contributed by atoms with Crippen molar-refractivity contribution in [1.82, 2.24) is 4.31 Å². The minimum atomic E-state index is -3.63. The molecular weight excluding hydrogens is 380 g/mol. The molecule has 3 heterocycles. The molecule has 0 unspecified atom stereocenters. The van der Waals surface area contributed by atoms with Crippen molar-refractivity contribution in [1.29, 1.82) is 0 Å². The second kappa shape index (κ2) is 6.66. The van der Waals surface area contributed by atoms with E-state index in [2.05, 4.69) is 5.32 Å². The fourth-order valence-electron chi connectivity index (χ4n) is 4.71. The summed E-state index contributed by atoms with van der Waals surface area (Å²) >= 11 is 0. The molecule has 150 valence electrons. The predicted molar refractivity (Wildman–Crippen MR) is 103 cm³/mol. The highest BCUT2D eigenvalue weighted by molar-refractivity contribution is 7.89. The first-order valence-electron chi connectivity index (χ1n) is 9.94. The molecule has 8 heteroatoms. The maximum absolute atomic E-state index is 13.2. The maximum Gasteiger partial charge on any atom is 0.256 e. The summed E-state index contributed by atoms with van der Waals surface area (Å²) in [5.74, 6) is -0.725. The van der Waals surface area contributed by atoms with E-state index in [9.17, 15) is 13.2 Å². The van der Waals surface area contributed by atoms with Gasteiger partial charge in [0.2, 0.25) is 10.0 Å². The van der Waals surface area contributed by atoms with Crippen molar-refractivity contribution in [2.45, 2.75) is 49.2 Å². The molecule has 28 heavy (non-hydrogen) atoms. The number of carbonyl (C=O) groups is 1. The predicted octanol–water partition coefficient (Wildman–Crippen LogP) is 2.49. The first-order valence-corrected chi connectivity index (χ1v) is 11.4. The molecule has 0 aromatic heterocycles. The van der Waals surface area contributed by atoms with Crippen LogP contribution in [0.4, 0.5) is 5.69 Å². The summed E-state index contributed by atoms with van der Waals surface area (Å²) in [6, 6.07) is 4.96. The van der Waals surface area contributed by atoms with E-state index in [1.165, 1.54) is 4.31 Å². The lowest BCUT2D eigenvalue weighted by molar-refractivity contribution is -0.179. The first-order chi connectivity index (χ1) is 13.5. The summed E-state index contributed by atoms with van der Waals surface area (Å²) in [6.07, 6.45) is 5.05. The van der Waals surface area contributed by atoms with E-state index >= 15 is 0 Å². The van der Waals surface area contributed by atoms with Gasteiger partial charge < -0.3 is 14.8 Å². The third-order valence-corrected chi connectivity index (χ3v) is 8.13. The molecule has 0 atom stereocenters. The number of sulfonamides is 1. The number of carbonyl (C=O) groups excluding carboxylic acids is 1. The number of benzene rings is 1. The first kappa shape index (κ1) is 18.3. The van der Waals surface area contributed by atoms with Crippen LogP contribution in [-0.4, -0.2) is 50.7 Å². The normalized spacial score (nSPS) is 24.8. The zero-order chi connectivity index (χ0) is 19.4. The van der Waals surface area contributed by atoms with E-state index < -0.39 is 15.8 Å². The number of hydrogen-bond donors (Lipinski definition) is 1. The van der Waals surface area contributed by atoms with Crippen LogP contribution in [0.15, 0.2) is 28.7 Å². The largest absolute Gasteiger partial charge is 0.347 e. The van der Waals surface area contributed by atoms with Crippen molar-refractivity contribution >= 4 is 27.2 Å². The summed E-state index contributed by atoms with van der Waals surface area (Å²) in [5.41, 5.74) is 3.23. The maximum atomic E-state index is 13.2. The van der Waals surface area contributed by atoms with Gasteiger partial charge in [0.1, 0.15) is 0 Å². The summed E-state index contributed by atoms with van der Waals surface area (Å²) < 4.78 is 39.3. The van der Waals surface area contributed by atoms with E-state index in [-0.39, 0.29) is 10.8 Å². The molecule has 3 fully saturated rings. The monoisotopic (exact) mass is 404 g/mol. The molecule has 1 aromatic carbocycles. The number of nitrogens with zero attached hydrogens (tertiary/aromatic N) is 1. The highest BCUT2D eigenvalue weighted by atomic mass is 32.2. The Morgan fingerprint density at radius 3 is 2.39 bits per heavy atom. The van der Waals surface area contributed by atoms with Crippen LogP contribution in [0.1, 0.15) is 44.1 Å². The van der Waals surface area contributed by atoms with Crippen molar-refractivity contribution in [2.24, 2.45) is 0 Å². The van der Waals surface area contributed by atoms with Crippen molar-refractivity contribution < 1.29 is 22.7 Å². The van der Waals surface area contributed by atoms with Crippen LogP contribution < -0.4 is 5.32 Å². The van der Waals surface area contributed by atoms with Gasteiger partial charge in [0.15, 0.2) is 5.79 Å². The summed E-state index contributed by atoms with van der Waals surface area (Å²) in [5, 5.41) is 2.88. The standard InChI is InChI=1S/C20H24N2O5S/c23-19-18(14-3-1-2-4-14)16-13-15(5-6-17(16)21-19)28(24,25)22-9-7-20(8-10-22)26-11-12-27-20/h5-6,13H,1-4,7-12H2,(H,21,23). The molecule has 7 nitrogen and oxygen atoms in total. The van der Waals surface area contributed by atoms with Crippen molar-refractivity contribution in [3.05, 3.63) is 29.3 Å². The molecule has 1 aromatic rings. The molecule has 0 radical (unpaired) electrons. The zero-order valence-corrected chi connectivity index (χ0v) is 16.5. The SMILES string of the molecule is O=C1Nc2ccc(S(=O)(=O)N3CCC4(CC3)OCCO4)cc2C1=C1CCCC1. The molecule has 2 saturated heterocycles. The molecule has 1 amide bonds. The number of fused-ring (bicyclic) bond motifs is 1. The minimum absolute atomic E-state index is 0.114. The van der Waals surface area contributed by atoms with Crippen molar-refractivity contribution in [3.63, 3.8) is 0 Å². The highest BCUT2D eigenvalue weighted by Gasteiger charge is 2.43. The molecule has 5 rings (SSSR count). The Kier molecular flexibility index (Phi) is 4.35. The van der Waals surface area contributed by atoms with Gasteiger partial charge in [0.25, 0.3) is 5.91 Å². The molecule has 1 saturated carbocycles. The zero-order valence-electron chi connectivity index (χ0n) is 15.7. The molecule has 3 aliphatic heterocycles. The van der Waals surface area contributed by atoms with Crippen molar-refractivity contribution in [2.75, 3.05) is 31.6 Å². The Morgan fingerprint density at radius 1 is 1.04 bits per heavy atom. The minimum Gasteiger partial charge on any atom is -0.347 e. The molecule has 1 spiro atoms.